The van der Waals surface area contributed by atoms with E-state index in [2.05, 4.69) is 10.3 Å². The van der Waals surface area contributed by atoms with Crippen molar-refractivity contribution < 1.29 is 5.11 Å². The number of rotatable bonds is 2. The first-order valence-corrected chi connectivity index (χ1v) is 6.41. The molecule has 1 aromatic heterocycles. The minimum Gasteiger partial charge on any atom is -0.508 e. The summed E-state index contributed by atoms with van der Waals surface area (Å²) in [5.74, 6) is 0.148. The molecule has 0 amide bonds. The van der Waals surface area contributed by atoms with Crippen molar-refractivity contribution in [1.29, 1.82) is 0 Å². The number of nitrogens with one attached hydrogen (secondary N) is 1. The second-order valence-corrected chi connectivity index (χ2v) is 4.83. The molecule has 2 aromatic carbocycles. The van der Waals surface area contributed by atoms with Crippen molar-refractivity contribution >= 4 is 47.2 Å². The van der Waals surface area contributed by atoms with E-state index in [-0.39, 0.29) is 5.75 Å². The predicted molar refractivity (Wildman–Crippen MR) is 83.5 cm³/mol. The maximum atomic E-state index is 9.54. The maximum Gasteiger partial charge on any atom is 0.117 e. The Labute approximate surface area is 122 Å². The molecule has 0 saturated carbocycles. The molecule has 2 N–H and O–H groups in total. The van der Waals surface area contributed by atoms with Crippen LogP contribution in [0.5, 0.6) is 5.75 Å². The van der Waals surface area contributed by atoms with Crippen LogP contribution in [-0.4, -0.2) is 17.9 Å². The van der Waals surface area contributed by atoms with Gasteiger partial charge in [-0.25, -0.2) is 0 Å². The normalized spacial score (nSPS) is 10.7. The molecule has 1 heterocycles. The van der Waals surface area contributed by atoms with Crippen LogP contribution in [0, 0.1) is 0 Å². The number of anilines is 2. The number of halogens is 1. The van der Waals surface area contributed by atoms with E-state index >= 15 is 0 Å². The first kappa shape index (κ1) is 12.8. The first-order chi connectivity index (χ1) is 9.63. The van der Waals surface area contributed by atoms with E-state index in [0.717, 1.165) is 16.6 Å². The maximum absolute atomic E-state index is 9.54. The lowest BCUT2D eigenvalue weighted by molar-refractivity contribution is 0.475. The molecule has 0 bridgehead atoms. The fourth-order valence-corrected chi connectivity index (χ4v) is 2.19. The Morgan fingerprint density at radius 1 is 1.05 bits per heavy atom. The Balaban J connectivity index is 2.10. The standard InChI is InChI=1S/C15H10BClN2O/c16-9-1-4-13-11(7-9)14(5-6-18-13)19-15-8-10(20)2-3-12(15)17/h1-8,20H,(H,18,19). The fraction of sp³-hybridized carbons (Fsp3) is 0. The largest absolute Gasteiger partial charge is 0.508 e. The van der Waals surface area contributed by atoms with Gasteiger partial charge in [0.2, 0.25) is 0 Å². The lowest BCUT2D eigenvalue weighted by Gasteiger charge is -2.11. The summed E-state index contributed by atoms with van der Waals surface area (Å²) >= 11 is 6.11. The van der Waals surface area contributed by atoms with Gasteiger partial charge in [-0.2, -0.15) is 0 Å². The topological polar surface area (TPSA) is 45.2 Å². The zero-order valence-electron chi connectivity index (χ0n) is 10.5. The van der Waals surface area contributed by atoms with Crippen LogP contribution in [0.3, 0.4) is 0 Å². The van der Waals surface area contributed by atoms with E-state index in [1.807, 2.05) is 18.2 Å². The molecule has 0 aliphatic carbocycles. The fourth-order valence-electron chi connectivity index (χ4n) is 2.03. The number of fused-ring (bicyclic) bond motifs is 1. The van der Waals surface area contributed by atoms with E-state index in [9.17, 15) is 5.11 Å². The van der Waals surface area contributed by atoms with Crippen LogP contribution in [0.1, 0.15) is 0 Å². The minimum atomic E-state index is 0.148. The summed E-state index contributed by atoms with van der Waals surface area (Å²) in [6.07, 6.45) is 1.71. The molecule has 2 radical (unpaired) electrons. The van der Waals surface area contributed by atoms with Gasteiger partial charge in [-0.15, -0.1) is 0 Å². The van der Waals surface area contributed by atoms with E-state index in [1.165, 1.54) is 6.07 Å². The van der Waals surface area contributed by atoms with E-state index in [0.29, 0.717) is 16.2 Å². The third kappa shape index (κ3) is 2.42. The van der Waals surface area contributed by atoms with Crippen molar-refractivity contribution in [3.63, 3.8) is 0 Å². The number of pyridine rings is 1. The Hall–Kier alpha value is -2.20. The smallest absolute Gasteiger partial charge is 0.117 e. The second kappa shape index (κ2) is 5.06. The average Bonchev–Trinajstić information content (AvgIpc) is 2.43. The van der Waals surface area contributed by atoms with Gasteiger partial charge in [0.15, 0.2) is 0 Å². The SMILES string of the molecule is [B]c1ccc2nccc(Nc3cc(O)ccc3Cl)c2c1. The van der Waals surface area contributed by atoms with Gasteiger partial charge in [0, 0.05) is 23.3 Å². The Kier molecular flexibility index (Phi) is 3.24. The lowest BCUT2D eigenvalue weighted by atomic mass is 9.94. The molecule has 96 valence electrons. The molecule has 5 heteroatoms. The van der Waals surface area contributed by atoms with Crippen molar-refractivity contribution in [3.05, 3.63) is 53.7 Å². The number of hydrogen-bond acceptors (Lipinski definition) is 3. The highest BCUT2D eigenvalue weighted by Crippen LogP contribution is 2.31. The second-order valence-electron chi connectivity index (χ2n) is 4.42. The number of hydrogen-bond donors (Lipinski definition) is 2. The lowest BCUT2D eigenvalue weighted by Crippen LogP contribution is -2.02. The van der Waals surface area contributed by atoms with Crippen LogP contribution in [0.4, 0.5) is 11.4 Å². The molecule has 0 atom stereocenters. The van der Waals surface area contributed by atoms with Gasteiger partial charge in [0.05, 0.1) is 16.2 Å². The van der Waals surface area contributed by atoms with Crippen molar-refractivity contribution in [1.82, 2.24) is 4.98 Å². The van der Waals surface area contributed by atoms with E-state index in [4.69, 9.17) is 19.4 Å². The molecule has 0 spiro atoms. The summed E-state index contributed by atoms with van der Waals surface area (Å²) in [5, 5.41) is 14.2. The predicted octanol–water partition coefficient (Wildman–Crippen LogP) is 3.13. The Morgan fingerprint density at radius 3 is 2.75 bits per heavy atom. The van der Waals surface area contributed by atoms with Gasteiger partial charge in [-0.3, -0.25) is 4.98 Å². The Morgan fingerprint density at radius 2 is 1.90 bits per heavy atom. The van der Waals surface area contributed by atoms with Crippen molar-refractivity contribution in [3.8, 4) is 5.75 Å². The van der Waals surface area contributed by atoms with Crippen molar-refractivity contribution in [2.24, 2.45) is 0 Å². The van der Waals surface area contributed by atoms with Gasteiger partial charge in [0.25, 0.3) is 0 Å². The monoisotopic (exact) mass is 280 g/mol. The quantitative estimate of drug-likeness (QED) is 0.709. The highest BCUT2D eigenvalue weighted by Gasteiger charge is 2.06. The van der Waals surface area contributed by atoms with Gasteiger partial charge < -0.3 is 10.4 Å². The first-order valence-electron chi connectivity index (χ1n) is 6.03. The van der Waals surface area contributed by atoms with Gasteiger partial charge in [-0.05, 0) is 24.3 Å². The number of phenolic OH excluding ortho intramolecular Hbond substituents is 1. The van der Waals surface area contributed by atoms with Crippen LogP contribution < -0.4 is 10.8 Å². The van der Waals surface area contributed by atoms with Crippen LogP contribution >= 0.6 is 11.6 Å². The molecule has 0 unspecified atom stereocenters. The number of nitrogens with zero attached hydrogens (tertiary/aromatic N) is 1. The number of benzene rings is 2. The van der Waals surface area contributed by atoms with Crippen LogP contribution in [0.15, 0.2) is 48.7 Å². The average molecular weight is 281 g/mol. The van der Waals surface area contributed by atoms with Gasteiger partial charge in [-0.1, -0.05) is 29.2 Å². The summed E-state index contributed by atoms with van der Waals surface area (Å²) in [5.41, 5.74) is 2.95. The molecular formula is C15H10BClN2O. The van der Waals surface area contributed by atoms with Crippen LogP contribution in [0.2, 0.25) is 5.02 Å². The summed E-state index contributed by atoms with van der Waals surface area (Å²) in [6, 6.07) is 12.1. The zero-order chi connectivity index (χ0) is 14.1. The Bertz CT molecular complexity index is 792. The molecule has 3 nitrogen and oxygen atoms in total. The number of phenols is 1. The van der Waals surface area contributed by atoms with Crippen molar-refractivity contribution in [2.75, 3.05) is 5.32 Å². The summed E-state index contributed by atoms with van der Waals surface area (Å²) < 4.78 is 0. The third-order valence-corrected chi connectivity index (χ3v) is 3.31. The van der Waals surface area contributed by atoms with E-state index < -0.39 is 0 Å². The zero-order valence-corrected chi connectivity index (χ0v) is 11.2. The summed E-state index contributed by atoms with van der Waals surface area (Å²) in [4.78, 5) is 4.29. The molecule has 0 fully saturated rings. The molecule has 0 aliphatic heterocycles. The summed E-state index contributed by atoms with van der Waals surface area (Å²) in [7, 11) is 5.82. The minimum absolute atomic E-state index is 0.148. The molecular weight excluding hydrogens is 270 g/mol. The molecule has 0 saturated heterocycles. The highest BCUT2D eigenvalue weighted by molar-refractivity contribution is 6.34. The van der Waals surface area contributed by atoms with Crippen LogP contribution in [-0.2, 0) is 0 Å². The van der Waals surface area contributed by atoms with Gasteiger partial charge in [0.1, 0.15) is 13.6 Å². The van der Waals surface area contributed by atoms with Crippen molar-refractivity contribution in [2.45, 2.75) is 0 Å². The van der Waals surface area contributed by atoms with E-state index in [1.54, 1.807) is 24.4 Å². The highest BCUT2D eigenvalue weighted by atomic mass is 35.5. The molecule has 3 aromatic rings. The molecule has 3 rings (SSSR count). The number of aromatic nitrogens is 1. The van der Waals surface area contributed by atoms with Crippen LogP contribution in [0.25, 0.3) is 10.9 Å². The molecule has 0 aliphatic rings. The van der Waals surface area contributed by atoms with Gasteiger partial charge >= 0.3 is 0 Å². The molecule has 20 heavy (non-hydrogen) atoms. The third-order valence-electron chi connectivity index (χ3n) is 2.98. The number of aromatic hydroxyl groups is 1. The summed E-state index contributed by atoms with van der Waals surface area (Å²) in [6.45, 7) is 0.